The molecule has 0 N–H and O–H groups in total. The number of halogens is 1. The van der Waals surface area contributed by atoms with Gasteiger partial charge in [-0.3, -0.25) is 4.79 Å². The van der Waals surface area contributed by atoms with E-state index in [2.05, 4.69) is 4.98 Å². The van der Waals surface area contributed by atoms with Gasteiger partial charge in [0.25, 0.3) is 0 Å². The van der Waals surface area contributed by atoms with Crippen LogP contribution in [0.1, 0.15) is 25.6 Å². The number of anilines is 2. The Morgan fingerprint density at radius 3 is 2.68 bits per heavy atom. The smallest absolute Gasteiger partial charge is 0.246 e. The quantitative estimate of drug-likeness (QED) is 0.766. The van der Waals surface area contributed by atoms with Crippen LogP contribution in [0.4, 0.5) is 15.9 Å². The van der Waals surface area contributed by atoms with Gasteiger partial charge in [-0.2, -0.15) is 0 Å². The van der Waals surface area contributed by atoms with Crippen LogP contribution in [0.3, 0.4) is 0 Å². The van der Waals surface area contributed by atoms with Crippen molar-refractivity contribution in [2.45, 2.75) is 26.2 Å². The van der Waals surface area contributed by atoms with E-state index in [0.717, 1.165) is 36.6 Å². The molecule has 1 saturated carbocycles. The van der Waals surface area contributed by atoms with E-state index in [0.29, 0.717) is 37.3 Å². The van der Waals surface area contributed by atoms with Crippen molar-refractivity contribution in [3.8, 4) is 5.75 Å². The number of benzene rings is 1. The van der Waals surface area contributed by atoms with E-state index in [-0.39, 0.29) is 11.7 Å². The molecule has 148 valence electrons. The zero-order valence-corrected chi connectivity index (χ0v) is 16.3. The maximum atomic E-state index is 12.9. The summed E-state index contributed by atoms with van der Waals surface area (Å²) < 4.78 is 18.7. The first-order valence-corrected chi connectivity index (χ1v) is 9.79. The van der Waals surface area contributed by atoms with Gasteiger partial charge in [-0.15, -0.1) is 0 Å². The molecular formula is C21H25FN4O2. The molecule has 28 heavy (non-hydrogen) atoms. The summed E-state index contributed by atoms with van der Waals surface area (Å²) >= 11 is 0. The largest absolute Gasteiger partial charge is 0.493 e. The van der Waals surface area contributed by atoms with Gasteiger partial charge in [-0.05, 0) is 55.9 Å². The van der Waals surface area contributed by atoms with E-state index < -0.39 is 0 Å². The molecule has 4 rings (SSSR count). The fourth-order valence-corrected chi connectivity index (χ4v) is 4.00. The second kappa shape index (κ2) is 7.73. The molecule has 0 bridgehead atoms. The highest BCUT2D eigenvalue weighted by atomic mass is 19.1. The maximum absolute atomic E-state index is 12.9. The number of fused-ring (bicyclic) bond motifs is 1. The van der Waals surface area contributed by atoms with Crippen molar-refractivity contribution in [2.24, 2.45) is 11.8 Å². The van der Waals surface area contributed by atoms with Crippen LogP contribution in [0.25, 0.3) is 0 Å². The Morgan fingerprint density at radius 2 is 1.96 bits per heavy atom. The van der Waals surface area contributed by atoms with Gasteiger partial charge in [-0.1, -0.05) is 0 Å². The van der Waals surface area contributed by atoms with Crippen molar-refractivity contribution < 1.29 is 13.9 Å². The first-order valence-electron chi connectivity index (χ1n) is 9.79. The van der Waals surface area contributed by atoms with Crippen molar-refractivity contribution in [2.75, 3.05) is 36.5 Å². The average molecular weight is 384 g/mol. The van der Waals surface area contributed by atoms with Crippen LogP contribution in [0.15, 0.2) is 30.5 Å². The highest BCUT2D eigenvalue weighted by Gasteiger charge is 2.32. The Balaban J connectivity index is 1.31. The number of carbonyl (C=O) groups is 1. The van der Waals surface area contributed by atoms with Crippen LogP contribution >= 0.6 is 0 Å². The second-order valence-electron chi connectivity index (χ2n) is 7.66. The zero-order valence-electron chi connectivity index (χ0n) is 16.3. The number of rotatable bonds is 6. The molecule has 0 spiro atoms. The molecule has 1 aromatic heterocycles. The van der Waals surface area contributed by atoms with Crippen LogP contribution in [0, 0.1) is 17.7 Å². The van der Waals surface area contributed by atoms with Gasteiger partial charge in [0.15, 0.2) is 5.82 Å². The van der Waals surface area contributed by atoms with Crippen LogP contribution < -0.4 is 14.5 Å². The van der Waals surface area contributed by atoms with E-state index in [1.165, 1.54) is 12.1 Å². The first kappa shape index (κ1) is 18.7. The van der Waals surface area contributed by atoms with Crippen LogP contribution in [0.5, 0.6) is 5.75 Å². The van der Waals surface area contributed by atoms with Crippen molar-refractivity contribution in [3.05, 3.63) is 42.1 Å². The molecule has 1 fully saturated rings. The van der Waals surface area contributed by atoms with Crippen LogP contribution in [-0.4, -0.2) is 42.6 Å². The Kier molecular flexibility index (Phi) is 5.15. The molecule has 2 aliphatic rings. The molecule has 1 aliphatic heterocycles. The van der Waals surface area contributed by atoms with E-state index in [1.54, 1.807) is 23.2 Å². The average Bonchev–Trinajstić information content (AvgIpc) is 2.65. The predicted octanol–water partition coefficient (Wildman–Crippen LogP) is 3.07. The topological polar surface area (TPSA) is 58.6 Å². The molecule has 7 heteroatoms. The molecule has 0 saturated heterocycles. The summed E-state index contributed by atoms with van der Waals surface area (Å²) in [6.07, 6.45) is 4.78. The van der Waals surface area contributed by atoms with Crippen LogP contribution in [0.2, 0.25) is 0 Å². The number of aromatic nitrogens is 2. The number of hydrogen-bond acceptors (Lipinski definition) is 5. The fraction of sp³-hybridized carbons (Fsp3) is 0.476. The predicted molar refractivity (Wildman–Crippen MR) is 105 cm³/mol. The SMILES string of the molecule is CCN1C(=O)CN(C)c2nc(CC3CC(COc4ccc(F)cc4)C3)ncc21. The summed E-state index contributed by atoms with van der Waals surface area (Å²) in [5.41, 5.74) is 0.796. The van der Waals surface area contributed by atoms with Gasteiger partial charge in [0.05, 0.1) is 19.3 Å². The molecule has 1 amide bonds. The Bertz CT molecular complexity index is 852. The monoisotopic (exact) mass is 384 g/mol. The van der Waals surface area contributed by atoms with Crippen molar-refractivity contribution in [1.82, 2.24) is 9.97 Å². The highest BCUT2D eigenvalue weighted by Crippen LogP contribution is 2.37. The van der Waals surface area contributed by atoms with Gasteiger partial charge < -0.3 is 14.5 Å². The number of ether oxygens (including phenoxy) is 1. The third kappa shape index (κ3) is 3.79. The summed E-state index contributed by atoms with van der Waals surface area (Å²) in [7, 11) is 1.90. The summed E-state index contributed by atoms with van der Waals surface area (Å²) in [5.74, 6) is 3.28. The van der Waals surface area contributed by atoms with Gasteiger partial charge in [0, 0.05) is 20.0 Å². The van der Waals surface area contributed by atoms with Crippen molar-refractivity contribution >= 4 is 17.4 Å². The van der Waals surface area contributed by atoms with E-state index in [9.17, 15) is 9.18 Å². The molecular weight excluding hydrogens is 359 g/mol. The normalized spacial score (nSPS) is 21.3. The van der Waals surface area contributed by atoms with Gasteiger partial charge in [0.1, 0.15) is 23.1 Å². The van der Waals surface area contributed by atoms with E-state index in [1.807, 2.05) is 18.9 Å². The van der Waals surface area contributed by atoms with Crippen molar-refractivity contribution in [1.29, 1.82) is 0 Å². The molecule has 1 aliphatic carbocycles. The molecule has 0 radical (unpaired) electrons. The third-order valence-corrected chi connectivity index (χ3v) is 5.55. The van der Waals surface area contributed by atoms with Gasteiger partial charge >= 0.3 is 0 Å². The summed E-state index contributed by atoms with van der Waals surface area (Å²) in [6.45, 7) is 3.59. The molecule has 0 atom stereocenters. The summed E-state index contributed by atoms with van der Waals surface area (Å²) in [5, 5.41) is 0. The highest BCUT2D eigenvalue weighted by molar-refractivity contribution is 6.01. The Labute approximate surface area is 164 Å². The number of likely N-dealkylation sites (N-methyl/N-ethyl adjacent to an activating group) is 2. The van der Waals surface area contributed by atoms with Crippen molar-refractivity contribution in [3.63, 3.8) is 0 Å². The first-order chi connectivity index (χ1) is 13.5. The van der Waals surface area contributed by atoms with Crippen LogP contribution in [-0.2, 0) is 11.2 Å². The lowest BCUT2D eigenvalue weighted by atomic mass is 9.73. The zero-order chi connectivity index (χ0) is 19.7. The second-order valence-corrected chi connectivity index (χ2v) is 7.66. The molecule has 0 unspecified atom stereocenters. The minimum absolute atomic E-state index is 0.0804. The number of nitrogens with zero attached hydrogens (tertiary/aromatic N) is 4. The van der Waals surface area contributed by atoms with Gasteiger partial charge in [0.2, 0.25) is 5.91 Å². The Hall–Kier alpha value is -2.70. The standard InChI is InChI=1S/C21H25FN4O2/c1-3-26-18-11-23-19(24-21(18)25(2)12-20(26)27)10-14-8-15(9-14)13-28-17-6-4-16(22)5-7-17/h4-7,11,14-15H,3,8-10,12-13H2,1-2H3. The number of carbonyl (C=O) groups excluding carboxylic acids is 1. The van der Waals surface area contributed by atoms with Gasteiger partial charge in [-0.25, -0.2) is 14.4 Å². The lowest BCUT2D eigenvalue weighted by Gasteiger charge is -2.36. The summed E-state index contributed by atoms with van der Waals surface area (Å²) in [4.78, 5) is 25.0. The maximum Gasteiger partial charge on any atom is 0.246 e. The lowest BCUT2D eigenvalue weighted by molar-refractivity contribution is -0.117. The summed E-state index contributed by atoms with van der Waals surface area (Å²) in [6, 6.07) is 6.15. The molecule has 2 aromatic rings. The lowest BCUT2D eigenvalue weighted by Crippen LogP contribution is -2.45. The van der Waals surface area contributed by atoms with E-state index in [4.69, 9.17) is 9.72 Å². The minimum atomic E-state index is -0.252. The molecule has 6 nitrogen and oxygen atoms in total. The molecule has 1 aromatic carbocycles. The Morgan fingerprint density at radius 1 is 1.21 bits per heavy atom. The minimum Gasteiger partial charge on any atom is -0.493 e. The number of amides is 1. The van der Waals surface area contributed by atoms with E-state index >= 15 is 0 Å². The molecule has 2 heterocycles. The number of hydrogen-bond donors (Lipinski definition) is 0. The fourth-order valence-electron chi connectivity index (χ4n) is 4.00. The third-order valence-electron chi connectivity index (χ3n) is 5.55.